The van der Waals surface area contributed by atoms with E-state index in [-0.39, 0.29) is 11.6 Å². The Morgan fingerprint density at radius 3 is 2.40 bits per heavy atom. The van der Waals surface area contributed by atoms with Crippen LogP contribution < -0.4 is 0 Å². The molecule has 7 heteroatoms. The summed E-state index contributed by atoms with van der Waals surface area (Å²) < 4.78 is 42.8. The van der Waals surface area contributed by atoms with Crippen LogP contribution in [0.25, 0.3) is 0 Å². The van der Waals surface area contributed by atoms with Crippen molar-refractivity contribution in [3.63, 3.8) is 0 Å². The third-order valence-electron chi connectivity index (χ3n) is 2.94. The average Bonchev–Trinajstić information content (AvgIpc) is 2.77. The highest BCUT2D eigenvalue weighted by atomic mass is 32.2. The number of hydrogen-bond donors (Lipinski definition) is 0. The van der Waals surface area contributed by atoms with Gasteiger partial charge in [-0.3, -0.25) is 0 Å². The molecule has 1 heterocycles. The van der Waals surface area contributed by atoms with Crippen LogP contribution in [0, 0.1) is 12.7 Å². The summed E-state index contributed by atoms with van der Waals surface area (Å²) in [5.74, 6) is -0.314. The van der Waals surface area contributed by atoms with Crippen molar-refractivity contribution in [3.05, 3.63) is 47.4 Å². The zero-order valence-electron chi connectivity index (χ0n) is 11.2. The first kappa shape index (κ1) is 14.6. The molecule has 0 aliphatic rings. The minimum absolute atomic E-state index is 0.0723. The minimum Gasteiger partial charge on any atom is -0.424 e. The Hall–Kier alpha value is -1.76. The van der Waals surface area contributed by atoms with Crippen LogP contribution in [-0.2, 0) is 15.6 Å². The second kappa shape index (κ2) is 5.70. The molecule has 0 radical (unpaired) electrons. The molecule has 1 aromatic heterocycles. The molecular weight excluding hydrogens is 283 g/mol. The smallest absolute Gasteiger partial charge is 0.231 e. The van der Waals surface area contributed by atoms with Crippen LogP contribution in [0.15, 0.2) is 28.7 Å². The van der Waals surface area contributed by atoms with Gasteiger partial charge in [0.1, 0.15) is 11.6 Å². The standard InChI is InChI=1S/C13H15FN2O3S/c1-3-12(10-4-6-11(14)7-5-10)20(17,18)8-13-16-15-9(2)19-13/h4-7,12H,3,8H2,1-2H3/t12-/m1/s1. The molecule has 0 fully saturated rings. The van der Waals surface area contributed by atoms with E-state index in [1.807, 2.05) is 0 Å². The lowest BCUT2D eigenvalue weighted by atomic mass is 10.1. The SMILES string of the molecule is CC[C@H](c1ccc(F)cc1)S(=O)(=O)Cc1nnc(C)o1. The topological polar surface area (TPSA) is 73.1 Å². The first-order valence-corrected chi connectivity index (χ1v) is 7.90. The molecule has 5 nitrogen and oxygen atoms in total. The minimum atomic E-state index is -3.50. The van der Waals surface area contributed by atoms with Crippen LogP contribution in [0.5, 0.6) is 0 Å². The van der Waals surface area contributed by atoms with Crippen molar-refractivity contribution in [2.75, 3.05) is 0 Å². The lowest BCUT2D eigenvalue weighted by Crippen LogP contribution is -2.15. The zero-order chi connectivity index (χ0) is 14.8. The van der Waals surface area contributed by atoms with Crippen molar-refractivity contribution in [1.29, 1.82) is 0 Å². The maximum absolute atomic E-state index is 12.9. The Balaban J connectivity index is 2.27. The average molecular weight is 298 g/mol. The number of hydrogen-bond acceptors (Lipinski definition) is 5. The van der Waals surface area contributed by atoms with Crippen LogP contribution in [-0.4, -0.2) is 18.6 Å². The summed E-state index contributed by atoms with van der Waals surface area (Å²) in [5, 5.41) is 6.60. The molecule has 0 aliphatic heterocycles. The Bertz CT molecular complexity index is 680. The molecule has 0 spiro atoms. The van der Waals surface area contributed by atoms with Crippen molar-refractivity contribution in [3.8, 4) is 0 Å². The lowest BCUT2D eigenvalue weighted by molar-refractivity contribution is 0.478. The van der Waals surface area contributed by atoms with E-state index in [1.54, 1.807) is 13.8 Å². The molecule has 20 heavy (non-hydrogen) atoms. The van der Waals surface area contributed by atoms with Gasteiger partial charge in [0.25, 0.3) is 0 Å². The summed E-state index contributed by atoms with van der Waals surface area (Å²) in [5.41, 5.74) is 0.560. The van der Waals surface area contributed by atoms with E-state index in [2.05, 4.69) is 10.2 Å². The maximum Gasteiger partial charge on any atom is 0.231 e. The number of sulfone groups is 1. The molecule has 108 valence electrons. The summed E-state index contributed by atoms with van der Waals surface area (Å²) in [6.45, 7) is 3.37. The second-order valence-electron chi connectivity index (χ2n) is 4.47. The molecular formula is C13H15FN2O3S. The predicted octanol–water partition coefficient (Wildman–Crippen LogP) is 2.58. The van der Waals surface area contributed by atoms with E-state index < -0.39 is 20.9 Å². The molecule has 1 aromatic carbocycles. The number of aromatic nitrogens is 2. The van der Waals surface area contributed by atoms with Gasteiger partial charge >= 0.3 is 0 Å². The van der Waals surface area contributed by atoms with Gasteiger partial charge in [-0.2, -0.15) is 0 Å². The van der Waals surface area contributed by atoms with Crippen LogP contribution >= 0.6 is 0 Å². The molecule has 0 amide bonds. The molecule has 0 saturated carbocycles. The third kappa shape index (κ3) is 3.22. The first-order valence-electron chi connectivity index (χ1n) is 6.18. The summed E-state index contributed by atoms with van der Waals surface area (Å²) in [6, 6.07) is 5.48. The number of benzene rings is 1. The molecule has 2 rings (SSSR count). The van der Waals surface area contributed by atoms with E-state index in [0.717, 1.165) is 0 Å². The summed E-state index contributed by atoms with van der Waals surface area (Å²) in [4.78, 5) is 0. The zero-order valence-corrected chi connectivity index (χ0v) is 12.0. The molecule has 0 aliphatic carbocycles. The van der Waals surface area contributed by atoms with E-state index in [1.165, 1.54) is 24.3 Å². The monoisotopic (exact) mass is 298 g/mol. The van der Waals surface area contributed by atoms with Crippen LogP contribution in [0.4, 0.5) is 4.39 Å². The Labute approximate surface area is 116 Å². The number of aryl methyl sites for hydroxylation is 1. The fraction of sp³-hybridized carbons (Fsp3) is 0.385. The largest absolute Gasteiger partial charge is 0.424 e. The quantitative estimate of drug-likeness (QED) is 0.848. The highest BCUT2D eigenvalue weighted by Gasteiger charge is 2.28. The van der Waals surface area contributed by atoms with Crippen LogP contribution in [0.1, 0.15) is 35.9 Å². The van der Waals surface area contributed by atoms with E-state index >= 15 is 0 Å². The van der Waals surface area contributed by atoms with Crippen molar-refractivity contribution in [1.82, 2.24) is 10.2 Å². The number of rotatable bonds is 5. The molecule has 0 saturated heterocycles. The lowest BCUT2D eigenvalue weighted by Gasteiger charge is -2.15. The second-order valence-corrected chi connectivity index (χ2v) is 6.65. The first-order chi connectivity index (χ1) is 9.42. The normalized spacial score (nSPS) is 13.3. The van der Waals surface area contributed by atoms with E-state index in [0.29, 0.717) is 17.9 Å². The summed E-state index contributed by atoms with van der Waals surface area (Å²) in [7, 11) is -3.50. The fourth-order valence-electron chi connectivity index (χ4n) is 2.04. The van der Waals surface area contributed by atoms with Crippen molar-refractivity contribution in [2.45, 2.75) is 31.3 Å². The van der Waals surface area contributed by atoms with Gasteiger partial charge in [-0.05, 0) is 24.1 Å². The fourth-order valence-corrected chi connectivity index (χ4v) is 3.78. The number of nitrogens with zero attached hydrogens (tertiary/aromatic N) is 2. The van der Waals surface area contributed by atoms with Gasteiger partial charge in [-0.25, -0.2) is 12.8 Å². The highest BCUT2D eigenvalue weighted by molar-refractivity contribution is 7.90. The third-order valence-corrected chi connectivity index (χ3v) is 5.06. The van der Waals surface area contributed by atoms with Gasteiger partial charge < -0.3 is 4.42 Å². The summed E-state index contributed by atoms with van der Waals surface area (Å²) >= 11 is 0. The molecule has 2 aromatic rings. The Kier molecular flexibility index (Phi) is 4.17. The molecule has 0 unspecified atom stereocenters. The molecule has 1 atom stereocenters. The molecule has 0 bridgehead atoms. The van der Waals surface area contributed by atoms with Gasteiger partial charge in [0.15, 0.2) is 9.84 Å². The van der Waals surface area contributed by atoms with Crippen molar-refractivity contribution >= 4 is 9.84 Å². The Morgan fingerprint density at radius 1 is 1.25 bits per heavy atom. The highest BCUT2D eigenvalue weighted by Crippen LogP contribution is 2.28. The van der Waals surface area contributed by atoms with Crippen molar-refractivity contribution in [2.24, 2.45) is 0 Å². The van der Waals surface area contributed by atoms with E-state index in [4.69, 9.17) is 4.42 Å². The van der Waals surface area contributed by atoms with Gasteiger partial charge in [0, 0.05) is 6.92 Å². The number of halogens is 1. The Morgan fingerprint density at radius 2 is 1.90 bits per heavy atom. The van der Waals surface area contributed by atoms with Crippen LogP contribution in [0.2, 0.25) is 0 Å². The predicted molar refractivity (Wildman–Crippen MR) is 71.1 cm³/mol. The van der Waals surface area contributed by atoms with Gasteiger partial charge in [0.2, 0.25) is 11.8 Å². The van der Waals surface area contributed by atoms with Crippen molar-refractivity contribution < 1.29 is 17.2 Å². The van der Waals surface area contributed by atoms with E-state index in [9.17, 15) is 12.8 Å². The van der Waals surface area contributed by atoms with Gasteiger partial charge in [-0.1, -0.05) is 19.1 Å². The van der Waals surface area contributed by atoms with Crippen LogP contribution in [0.3, 0.4) is 0 Å². The van der Waals surface area contributed by atoms with Gasteiger partial charge in [0.05, 0.1) is 5.25 Å². The van der Waals surface area contributed by atoms with Gasteiger partial charge in [-0.15, -0.1) is 10.2 Å². The maximum atomic E-state index is 12.9. The molecule has 0 N–H and O–H groups in total. The summed E-state index contributed by atoms with van der Waals surface area (Å²) in [6.07, 6.45) is 0.390.